The number of carbonyl (C=O) groups excluding carboxylic acids is 1. The highest BCUT2D eigenvalue weighted by atomic mass is 16.5. The van der Waals surface area contributed by atoms with Crippen molar-refractivity contribution in [2.24, 2.45) is 0 Å². The molecule has 4 aromatic rings. The smallest absolute Gasteiger partial charge is 0.343 e. The average molecular weight is 381 g/mol. The van der Waals surface area contributed by atoms with E-state index in [9.17, 15) is 9.59 Å². The number of aromatic nitrogens is 1. The number of hydrogen-bond acceptors (Lipinski definition) is 3. The van der Waals surface area contributed by atoms with Crippen molar-refractivity contribution in [3.05, 3.63) is 100 Å². The van der Waals surface area contributed by atoms with Gasteiger partial charge in [-0.05, 0) is 42.2 Å². The van der Waals surface area contributed by atoms with E-state index < -0.39 is 5.97 Å². The zero-order chi connectivity index (χ0) is 19.8. The highest BCUT2D eigenvalue weighted by Crippen LogP contribution is 2.37. The van der Waals surface area contributed by atoms with Gasteiger partial charge in [0.05, 0.1) is 16.6 Å². The largest absolute Gasteiger partial charge is 0.421 e. The van der Waals surface area contributed by atoms with E-state index in [0.29, 0.717) is 23.4 Å². The summed E-state index contributed by atoms with van der Waals surface area (Å²) in [7, 11) is 0. The van der Waals surface area contributed by atoms with Gasteiger partial charge in [-0.25, -0.2) is 4.79 Å². The fraction of sp³-hybridized carbons (Fsp3) is 0.120. The van der Waals surface area contributed by atoms with Gasteiger partial charge in [0.2, 0.25) is 0 Å². The molecule has 0 saturated heterocycles. The molecule has 4 heteroatoms. The Bertz CT molecular complexity index is 1270. The lowest BCUT2D eigenvalue weighted by Crippen LogP contribution is -2.27. The molecule has 0 fully saturated rings. The maximum absolute atomic E-state index is 13.5. The first-order valence-corrected chi connectivity index (χ1v) is 9.75. The first-order valence-electron chi connectivity index (χ1n) is 9.75. The Labute approximate surface area is 168 Å². The standard InChI is InChI=1S/C25H19NO3/c27-24-21(17-9-3-1-4-10-17)23(29-25(28)19-11-5-2-6-12-19)20-15-7-13-18-14-8-16-26(24)22(18)20/h1-7,9-13,15H,8,14,16H2. The van der Waals surface area contributed by atoms with Crippen LogP contribution in [0.2, 0.25) is 0 Å². The van der Waals surface area contributed by atoms with Crippen LogP contribution in [0.1, 0.15) is 22.3 Å². The van der Waals surface area contributed by atoms with Crippen molar-refractivity contribution < 1.29 is 9.53 Å². The Hall–Kier alpha value is -3.66. The van der Waals surface area contributed by atoms with Gasteiger partial charge >= 0.3 is 5.97 Å². The van der Waals surface area contributed by atoms with Crippen molar-refractivity contribution in [1.29, 1.82) is 0 Å². The SMILES string of the molecule is O=C(Oc1c(-c2ccccc2)c(=O)n2c3c(cccc13)CCC2)c1ccccc1. The van der Waals surface area contributed by atoms with E-state index in [-0.39, 0.29) is 5.56 Å². The second-order valence-corrected chi connectivity index (χ2v) is 7.20. The number of pyridine rings is 1. The molecule has 0 spiro atoms. The molecule has 2 heterocycles. The van der Waals surface area contributed by atoms with Gasteiger partial charge < -0.3 is 9.30 Å². The molecule has 1 aromatic heterocycles. The molecule has 0 radical (unpaired) electrons. The Morgan fingerprint density at radius 2 is 1.59 bits per heavy atom. The lowest BCUT2D eigenvalue weighted by molar-refractivity contribution is 0.0737. The molecule has 0 N–H and O–H groups in total. The van der Waals surface area contributed by atoms with Gasteiger partial charge in [-0.2, -0.15) is 0 Å². The van der Waals surface area contributed by atoms with Crippen LogP contribution >= 0.6 is 0 Å². The summed E-state index contributed by atoms with van der Waals surface area (Å²) in [5.74, 6) is -0.131. The van der Waals surface area contributed by atoms with Crippen molar-refractivity contribution >= 4 is 16.9 Å². The zero-order valence-corrected chi connectivity index (χ0v) is 15.8. The molecule has 0 bridgehead atoms. The summed E-state index contributed by atoms with van der Waals surface area (Å²) in [4.78, 5) is 26.4. The third-order valence-corrected chi connectivity index (χ3v) is 5.41. The minimum Gasteiger partial charge on any atom is -0.421 e. The molecule has 5 rings (SSSR count). The van der Waals surface area contributed by atoms with Gasteiger partial charge in [0, 0.05) is 11.9 Å². The summed E-state index contributed by atoms with van der Waals surface area (Å²) in [5.41, 5.74) is 3.50. The number of carbonyl (C=O) groups is 1. The summed E-state index contributed by atoms with van der Waals surface area (Å²) >= 11 is 0. The monoisotopic (exact) mass is 381 g/mol. The minimum atomic E-state index is -0.469. The number of hydrogen-bond donors (Lipinski definition) is 0. The van der Waals surface area contributed by atoms with E-state index in [1.165, 1.54) is 0 Å². The van der Waals surface area contributed by atoms with Crippen LogP contribution in [0.5, 0.6) is 5.75 Å². The van der Waals surface area contributed by atoms with Crippen LogP contribution in [0, 0.1) is 0 Å². The Kier molecular flexibility index (Phi) is 4.24. The molecular weight excluding hydrogens is 362 g/mol. The van der Waals surface area contributed by atoms with Gasteiger partial charge in [0.15, 0.2) is 5.75 Å². The molecule has 3 aromatic carbocycles. The lowest BCUT2D eigenvalue weighted by atomic mass is 9.97. The first-order chi connectivity index (χ1) is 14.2. The molecule has 0 aliphatic carbocycles. The van der Waals surface area contributed by atoms with Crippen molar-refractivity contribution in [2.75, 3.05) is 0 Å². The highest BCUT2D eigenvalue weighted by molar-refractivity contribution is 5.99. The second kappa shape index (κ2) is 7.06. The minimum absolute atomic E-state index is 0.119. The molecule has 4 nitrogen and oxygen atoms in total. The molecule has 0 unspecified atom stereocenters. The average Bonchev–Trinajstić information content (AvgIpc) is 2.78. The predicted octanol–water partition coefficient (Wildman–Crippen LogP) is 4.83. The van der Waals surface area contributed by atoms with Crippen LogP contribution in [0.4, 0.5) is 0 Å². The molecule has 1 aliphatic heterocycles. The van der Waals surface area contributed by atoms with Gasteiger partial charge in [0.1, 0.15) is 0 Å². The van der Waals surface area contributed by atoms with Crippen LogP contribution in [0.15, 0.2) is 83.7 Å². The van der Waals surface area contributed by atoms with E-state index in [1.54, 1.807) is 24.3 Å². The van der Waals surface area contributed by atoms with E-state index in [0.717, 1.165) is 34.9 Å². The fourth-order valence-corrected chi connectivity index (χ4v) is 4.10. The van der Waals surface area contributed by atoms with Crippen LogP contribution in [0.25, 0.3) is 22.0 Å². The molecule has 0 atom stereocenters. The first kappa shape index (κ1) is 17.4. The fourth-order valence-electron chi connectivity index (χ4n) is 4.10. The number of para-hydroxylation sites is 1. The summed E-state index contributed by atoms with van der Waals surface area (Å²) in [6, 6.07) is 24.2. The molecule has 0 amide bonds. The second-order valence-electron chi connectivity index (χ2n) is 7.20. The number of ether oxygens (including phenoxy) is 1. The molecule has 142 valence electrons. The van der Waals surface area contributed by atoms with Gasteiger partial charge in [-0.1, -0.05) is 60.7 Å². The third kappa shape index (κ3) is 2.93. The summed E-state index contributed by atoms with van der Waals surface area (Å²) in [6.07, 6.45) is 1.83. The summed E-state index contributed by atoms with van der Waals surface area (Å²) in [6.45, 7) is 0.666. The van der Waals surface area contributed by atoms with Crippen LogP contribution < -0.4 is 10.3 Å². The number of benzene rings is 3. The van der Waals surface area contributed by atoms with Crippen molar-refractivity contribution in [2.45, 2.75) is 19.4 Å². The molecule has 29 heavy (non-hydrogen) atoms. The maximum atomic E-state index is 13.5. The van der Waals surface area contributed by atoms with Crippen LogP contribution in [0.3, 0.4) is 0 Å². The number of rotatable bonds is 3. The molecule has 0 saturated carbocycles. The Morgan fingerprint density at radius 1 is 0.862 bits per heavy atom. The lowest BCUT2D eigenvalue weighted by Gasteiger charge is -2.23. The Balaban J connectivity index is 1.80. The highest BCUT2D eigenvalue weighted by Gasteiger charge is 2.25. The molecular formula is C25H19NO3. The number of aryl methyl sites for hydroxylation is 2. The predicted molar refractivity (Wildman–Crippen MR) is 113 cm³/mol. The summed E-state index contributed by atoms with van der Waals surface area (Å²) in [5, 5.41) is 0.796. The maximum Gasteiger partial charge on any atom is 0.343 e. The van der Waals surface area contributed by atoms with Crippen molar-refractivity contribution in [3.63, 3.8) is 0 Å². The quantitative estimate of drug-likeness (QED) is 0.478. The van der Waals surface area contributed by atoms with Crippen molar-refractivity contribution in [3.8, 4) is 16.9 Å². The van der Waals surface area contributed by atoms with Crippen molar-refractivity contribution in [1.82, 2.24) is 4.57 Å². The van der Waals surface area contributed by atoms with E-state index in [2.05, 4.69) is 0 Å². The van der Waals surface area contributed by atoms with Gasteiger partial charge in [-0.15, -0.1) is 0 Å². The molecule has 1 aliphatic rings. The normalized spacial score (nSPS) is 12.7. The zero-order valence-electron chi connectivity index (χ0n) is 15.8. The third-order valence-electron chi connectivity index (χ3n) is 5.41. The Morgan fingerprint density at radius 3 is 2.34 bits per heavy atom. The topological polar surface area (TPSA) is 48.3 Å². The van der Waals surface area contributed by atoms with Gasteiger partial charge in [0.25, 0.3) is 5.56 Å². The van der Waals surface area contributed by atoms with E-state index in [1.807, 2.05) is 59.2 Å². The van der Waals surface area contributed by atoms with Crippen LogP contribution in [-0.2, 0) is 13.0 Å². The summed E-state index contributed by atoms with van der Waals surface area (Å²) < 4.78 is 7.74. The van der Waals surface area contributed by atoms with Crippen LogP contribution in [-0.4, -0.2) is 10.5 Å². The number of esters is 1. The van der Waals surface area contributed by atoms with E-state index in [4.69, 9.17) is 4.74 Å². The van der Waals surface area contributed by atoms with Gasteiger partial charge in [-0.3, -0.25) is 4.79 Å². The van der Waals surface area contributed by atoms with E-state index >= 15 is 0 Å². The number of nitrogens with zero attached hydrogens (tertiary/aromatic N) is 1.